The lowest BCUT2D eigenvalue weighted by Crippen LogP contribution is -2.07. The maximum absolute atomic E-state index is 12.0. The molecule has 16 heavy (non-hydrogen) atoms. The van der Waals surface area contributed by atoms with Gasteiger partial charge in [0.2, 0.25) is 5.75 Å². The molecule has 0 aliphatic carbocycles. The van der Waals surface area contributed by atoms with Gasteiger partial charge in [-0.3, -0.25) is 0 Å². The number of hydrogen-bond donors (Lipinski definition) is 0. The van der Waals surface area contributed by atoms with Crippen LogP contribution in [0.15, 0.2) is 18.2 Å². The molecule has 0 spiro atoms. The Morgan fingerprint density at radius 1 is 1.31 bits per heavy atom. The first-order valence-electron chi connectivity index (χ1n) is 5.06. The number of phosphoric acid groups is 1. The summed E-state index contributed by atoms with van der Waals surface area (Å²) < 4.78 is 29.7. The van der Waals surface area contributed by atoms with Crippen molar-refractivity contribution in [3.8, 4) is 17.4 Å². The molecule has 1 atom stereocenters. The molecule has 0 amide bonds. The molecule has 2 aliphatic heterocycles. The summed E-state index contributed by atoms with van der Waals surface area (Å²) in [6, 6.07) is 5.62. The van der Waals surface area contributed by atoms with Crippen LogP contribution < -0.4 is 13.6 Å². The van der Waals surface area contributed by atoms with Gasteiger partial charge in [-0.05, 0) is 19.1 Å². The summed E-state index contributed by atoms with van der Waals surface area (Å²) in [5.41, 5.74) is 0.982. The van der Waals surface area contributed by atoms with E-state index in [-0.39, 0.29) is 0 Å². The molecule has 2 aromatic rings. The lowest BCUT2D eigenvalue weighted by atomic mass is 10.2. The second-order valence-corrected chi connectivity index (χ2v) is 5.19. The first-order valence-corrected chi connectivity index (χ1v) is 6.52. The largest absolute Gasteiger partial charge is 0.648 e. The number of phosphoric ester groups is 1. The smallest absolute Gasteiger partial charge is 0.385 e. The van der Waals surface area contributed by atoms with Crippen molar-refractivity contribution in [2.45, 2.75) is 13.5 Å². The molecule has 5 nitrogen and oxygen atoms in total. The van der Waals surface area contributed by atoms with Crippen LogP contribution in [0.3, 0.4) is 0 Å². The first kappa shape index (κ1) is 8.53. The monoisotopic (exact) mass is 237 g/mol. The molecule has 0 N–H and O–H groups in total. The minimum atomic E-state index is -3.43. The molecule has 0 fully saturated rings. The van der Waals surface area contributed by atoms with E-state index in [9.17, 15) is 4.57 Å². The topological polar surface area (TPSA) is 49.7 Å². The SMILES string of the molecule is CCn1c2c3c4c(cccc41)OP(=O)(O3)O2. The molecular weight excluding hydrogens is 229 g/mol. The van der Waals surface area contributed by atoms with Crippen LogP contribution in [0.2, 0.25) is 0 Å². The van der Waals surface area contributed by atoms with Crippen molar-refractivity contribution in [1.82, 2.24) is 4.57 Å². The van der Waals surface area contributed by atoms with Crippen molar-refractivity contribution >= 4 is 18.7 Å². The lowest BCUT2D eigenvalue weighted by molar-refractivity contribution is 0.321. The molecule has 2 bridgehead atoms. The van der Waals surface area contributed by atoms with Gasteiger partial charge in [0.1, 0.15) is 5.75 Å². The minimum absolute atomic E-state index is 0.519. The highest BCUT2D eigenvalue weighted by Gasteiger charge is 2.49. The lowest BCUT2D eigenvalue weighted by Gasteiger charge is -2.17. The normalized spacial score (nSPS) is 24.3. The van der Waals surface area contributed by atoms with E-state index in [0.29, 0.717) is 17.4 Å². The fraction of sp³-hybridized carbons (Fsp3) is 0.200. The predicted octanol–water partition coefficient (Wildman–Crippen LogP) is 2.93. The van der Waals surface area contributed by atoms with Crippen LogP contribution >= 0.6 is 7.82 Å². The van der Waals surface area contributed by atoms with Crippen LogP contribution in [0.25, 0.3) is 10.9 Å². The summed E-state index contributed by atoms with van der Waals surface area (Å²) in [4.78, 5) is 0. The van der Waals surface area contributed by atoms with Gasteiger partial charge < -0.3 is 18.1 Å². The Morgan fingerprint density at radius 3 is 3.00 bits per heavy atom. The molecule has 0 saturated heterocycles. The maximum atomic E-state index is 12.0. The molecule has 3 heterocycles. The number of benzene rings is 1. The van der Waals surface area contributed by atoms with Gasteiger partial charge in [-0.15, -0.1) is 0 Å². The first-order chi connectivity index (χ1) is 7.72. The zero-order valence-electron chi connectivity index (χ0n) is 8.47. The highest BCUT2D eigenvalue weighted by atomic mass is 31.2. The number of fused-ring (bicyclic) bond motifs is 1. The predicted molar refractivity (Wildman–Crippen MR) is 57.1 cm³/mol. The summed E-state index contributed by atoms with van der Waals surface area (Å²) >= 11 is 0. The molecule has 4 rings (SSSR count). The molecular formula is C10H8NO4P. The van der Waals surface area contributed by atoms with Gasteiger partial charge in [0.15, 0.2) is 0 Å². The van der Waals surface area contributed by atoms with E-state index in [1.807, 2.05) is 23.6 Å². The van der Waals surface area contributed by atoms with Crippen LogP contribution in [0.4, 0.5) is 0 Å². The standard InChI is InChI=1S/C10H8NO4P/c1-2-11-6-4-3-5-7-8(6)9-10(11)15-16(12,13-7)14-9/h3-5H,2H2,1H3. The number of nitrogens with zero attached hydrogens (tertiary/aromatic N) is 1. The van der Waals surface area contributed by atoms with Gasteiger partial charge in [-0.25, -0.2) is 0 Å². The summed E-state index contributed by atoms with van der Waals surface area (Å²) in [5.74, 6) is 1.65. The third-order valence-electron chi connectivity index (χ3n) is 2.89. The molecule has 0 saturated carbocycles. The Labute approximate surface area is 91.1 Å². The minimum Gasteiger partial charge on any atom is -0.385 e. The summed E-state index contributed by atoms with van der Waals surface area (Å²) in [6.07, 6.45) is 0. The van der Waals surface area contributed by atoms with E-state index in [1.165, 1.54) is 0 Å². The molecule has 82 valence electrons. The van der Waals surface area contributed by atoms with Gasteiger partial charge in [-0.1, -0.05) is 6.07 Å². The molecule has 2 aliphatic rings. The second kappa shape index (κ2) is 2.38. The van der Waals surface area contributed by atoms with Crippen molar-refractivity contribution in [3.05, 3.63) is 18.2 Å². The fourth-order valence-corrected chi connectivity index (χ4v) is 3.56. The molecule has 1 aromatic heterocycles. The molecule has 0 radical (unpaired) electrons. The van der Waals surface area contributed by atoms with E-state index < -0.39 is 7.82 Å². The van der Waals surface area contributed by atoms with Gasteiger partial charge in [0.05, 0.1) is 10.9 Å². The van der Waals surface area contributed by atoms with E-state index in [2.05, 4.69) is 0 Å². The van der Waals surface area contributed by atoms with Crippen molar-refractivity contribution in [2.24, 2.45) is 0 Å². The Bertz CT molecular complexity index is 675. The van der Waals surface area contributed by atoms with Crippen LogP contribution in [0, 0.1) is 0 Å². The summed E-state index contributed by atoms with van der Waals surface area (Å²) in [7, 11) is -3.43. The van der Waals surface area contributed by atoms with E-state index >= 15 is 0 Å². The Hall–Kier alpha value is -1.61. The molecule has 6 heteroatoms. The Morgan fingerprint density at radius 2 is 2.19 bits per heavy atom. The maximum Gasteiger partial charge on any atom is 0.648 e. The van der Waals surface area contributed by atoms with Gasteiger partial charge in [0.25, 0.3) is 5.88 Å². The average molecular weight is 237 g/mol. The van der Waals surface area contributed by atoms with E-state index in [4.69, 9.17) is 13.6 Å². The van der Waals surface area contributed by atoms with Gasteiger partial charge in [0, 0.05) is 6.54 Å². The van der Waals surface area contributed by atoms with Crippen molar-refractivity contribution < 1.29 is 18.1 Å². The highest BCUT2D eigenvalue weighted by Crippen LogP contribution is 2.67. The van der Waals surface area contributed by atoms with Crippen molar-refractivity contribution in [3.63, 3.8) is 0 Å². The van der Waals surface area contributed by atoms with Gasteiger partial charge in [-0.2, -0.15) is 4.57 Å². The molecule has 1 aromatic carbocycles. The number of aromatic nitrogens is 1. The highest BCUT2D eigenvalue weighted by molar-refractivity contribution is 7.50. The van der Waals surface area contributed by atoms with E-state index in [1.54, 1.807) is 6.07 Å². The van der Waals surface area contributed by atoms with Crippen LogP contribution in [-0.2, 0) is 11.1 Å². The van der Waals surface area contributed by atoms with Crippen molar-refractivity contribution in [2.75, 3.05) is 0 Å². The number of rotatable bonds is 1. The second-order valence-electron chi connectivity index (χ2n) is 3.75. The quantitative estimate of drug-likeness (QED) is 0.715. The average Bonchev–Trinajstić information content (AvgIpc) is 2.67. The number of hydrogen-bond acceptors (Lipinski definition) is 4. The Kier molecular flexibility index (Phi) is 1.27. The number of aryl methyl sites for hydroxylation is 1. The third-order valence-corrected chi connectivity index (χ3v) is 4.11. The summed E-state index contributed by atoms with van der Waals surface area (Å²) in [6.45, 7) is 2.74. The zero-order valence-corrected chi connectivity index (χ0v) is 9.36. The van der Waals surface area contributed by atoms with Crippen molar-refractivity contribution in [1.29, 1.82) is 0 Å². The van der Waals surface area contributed by atoms with Crippen LogP contribution in [0.5, 0.6) is 17.4 Å². The zero-order chi connectivity index (χ0) is 10.9. The van der Waals surface area contributed by atoms with E-state index in [0.717, 1.165) is 17.4 Å². The summed E-state index contributed by atoms with van der Waals surface area (Å²) in [5, 5.41) is 0.850. The van der Waals surface area contributed by atoms with Gasteiger partial charge >= 0.3 is 7.82 Å². The van der Waals surface area contributed by atoms with Crippen LogP contribution in [0.1, 0.15) is 6.92 Å². The molecule has 1 unspecified atom stereocenters. The third kappa shape index (κ3) is 0.780. The van der Waals surface area contributed by atoms with Crippen LogP contribution in [-0.4, -0.2) is 4.57 Å². The fourth-order valence-electron chi connectivity index (χ4n) is 2.27. The Balaban J connectivity index is 2.25.